The van der Waals surface area contributed by atoms with E-state index in [1.165, 1.54) is 6.07 Å². The van der Waals surface area contributed by atoms with Crippen molar-refractivity contribution >= 4 is 28.7 Å². The first-order chi connectivity index (χ1) is 10.1. The van der Waals surface area contributed by atoms with Gasteiger partial charge in [-0.25, -0.2) is 4.39 Å². The average Bonchev–Trinajstić information content (AvgIpc) is 2.90. The van der Waals surface area contributed by atoms with Crippen molar-refractivity contribution in [2.24, 2.45) is 0 Å². The van der Waals surface area contributed by atoms with Gasteiger partial charge in [0.1, 0.15) is 5.82 Å². The molecule has 0 aromatic heterocycles. The van der Waals surface area contributed by atoms with Crippen LogP contribution in [0.15, 0.2) is 36.4 Å². The molecule has 2 aromatic rings. The molecule has 0 aliphatic carbocycles. The molecule has 0 radical (unpaired) electrons. The van der Waals surface area contributed by atoms with Gasteiger partial charge in [0.25, 0.3) is 0 Å². The van der Waals surface area contributed by atoms with Crippen molar-refractivity contribution in [1.82, 2.24) is 0 Å². The lowest BCUT2D eigenvalue weighted by molar-refractivity contribution is 0.174. The highest BCUT2D eigenvalue weighted by Crippen LogP contribution is 2.34. The van der Waals surface area contributed by atoms with Crippen LogP contribution in [0.4, 0.5) is 15.8 Å². The van der Waals surface area contributed by atoms with Crippen LogP contribution < -0.4 is 20.1 Å². The van der Waals surface area contributed by atoms with Crippen molar-refractivity contribution in [1.29, 1.82) is 0 Å². The monoisotopic (exact) mass is 304 g/mol. The van der Waals surface area contributed by atoms with Crippen LogP contribution in [-0.2, 0) is 0 Å². The van der Waals surface area contributed by atoms with Gasteiger partial charge in [0.15, 0.2) is 16.6 Å². The van der Waals surface area contributed by atoms with Crippen molar-refractivity contribution in [2.75, 3.05) is 17.4 Å². The minimum atomic E-state index is -0.241. The lowest BCUT2D eigenvalue weighted by Crippen LogP contribution is -2.19. The summed E-state index contributed by atoms with van der Waals surface area (Å²) in [6.07, 6.45) is 0. The smallest absolute Gasteiger partial charge is 0.231 e. The SMILES string of the molecule is Cc1cc(NC(=S)Nc2ccc3c(c2)OCO3)ccc1F. The van der Waals surface area contributed by atoms with Crippen LogP contribution in [0.1, 0.15) is 5.56 Å². The predicted molar refractivity (Wildman–Crippen MR) is 83.5 cm³/mol. The van der Waals surface area contributed by atoms with E-state index in [9.17, 15) is 4.39 Å². The van der Waals surface area contributed by atoms with Crippen molar-refractivity contribution in [3.63, 3.8) is 0 Å². The Morgan fingerprint density at radius 3 is 2.48 bits per heavy atom. The second-order valence-electron chi connectivity index (χ2n) is 4.61. The van der Waals surface area contributed by atoms with E-state index in [1.807, 2.05) is 18.2 Å². The highest BCUT2D eigenvalue weighted by atomic mass is 32.1. The molecule has 1 aliphatic heterocycles. The van der Waals surface area contributed by atoms with Gasteiger partial charge in [-0.05, 0) is 55.0 Å². The number of fused-ring (bicyclic) bond motifs is 1. The van der Waals surface area contributed by atoms with Crippen LogP contribution in [0.25, 0.3) is 0 Å². The number of nitrogens with one attached hydrogen (secondary N) is 2. The third-order valence-corrected chi connectivity index (χ3v) is 3.25. The van der Waals surface area contributed by atoms with E-state index in [0.717, 1.165) is 11.4 Å². The summed E-state index contributed by atoms with van der Waals surface area (Å²) < 4.78 is 23.8. The molecule has 3 rings (SSSR count). The number of thiocarbonyl (C=S) groups is 1. The van der Waals surface area contributed by atoms with E-state index in [1.54, 1.807) is 19.1 Å². The lowest BCUT2D eigenvalue weighted by atomic mass is 10.2. The summed E-state index contributed by atoms with van der Waals surface area (Å²) in [6.45, 7) is 1.94. The molecule has 0 unspecified atom stereocenters. The second-order valence-corrected chi connectivity index (χ2v) is 5.02. The molecule has 0 bridgehead atoms. The molecule has 2 aromatic carbocycles. The van der Waals surface area contributed by atoms with Crippen molar-refractivity contribution in [3.05, 3.63) is 47.8 Å². The van der Waals surface area contributed by atoms with Gasteiger partial charge in [-0.2, -0.15) is 0 Å². The number of ether oxygens (including phenoxy) is 2. The summed E-state index contributed by atoms with van der Waals surface area (Å²) in [6, 6.07) is 10.2. The maximum atomic E-state index is 13.2. The zero-order valence-corrected chi connectivity index (χ0v) is 12.1. The lowest BCUT2D eigenvalue weighted by Gasteiger charge is -2.11. The van der Waals surface area contributed by atoms with Crippen LogP contribution in [-0.4, -0.2) is 11.9 Å². The Hall–Kier alpha value is -2.34. The Balaban J connectivity index is 1.67. The van der Waals surface area contributed by atoms with E-state index < -0.39 is 0 Å². The first-order valence-electron chi connectivity index (χ1n) is 6.35. The van der Waals surface area contributed by atoms with Gasteiger partial charge in [-0.15, -0.1) is 0 Å². The van der Waals surface area contributed by atoms with Gasteiger partial charge in [0.05, 0.1) is 0 Å². The Morgan fingerprint density at radius 1 is 1.05 bits per heavy atom. The molecule has 1 aliphatic rings. The van der Waals surface area contributed by atoms with Crippen molar-refractivity contribution < 1.29 is 13.9 Å². The molecule has 0 spiro atoms. The Bertz CT molecular complexity index is 706. The number of hydrogen-bond donors (Lipinski definition) is 2. The molecule has 0 atom stereocenters. The summed E-state index contributed by atoms with van der Waals surface area (Å²) in [7, 11) is 0. The molecule has 0 saturated carbocycles. The number of hydrogen-bond acceptors (Lipinski definition) is 3. The molecule has 0 amide bonds. The number of halogens is 1. The van der Waals surface area contributed by atoms with E-state index in [2.05, 4.69) is 10.6 Å². The average molecular weight is 304 g/mol. The van der Waals surface area contributed by atoms with Crippen LogP contribution in [0.3, 0.4) is 0 Å². The van der Waals surface area contributed by atoms with Crippen molar-refractivity contribution in [2.45, 2.75) is 6.92 Å². The number of aryl methyl sites for hydroxylation is 1. The van der Waals surface area contributed by atoms with Gasteiger partial charge in [-0.1, -0.05) is 0 Å². The molecule has 4 nitrogen and oxygen atoms in total. The maximum absolute atomic E-state index is 13.2. The first kappa shape index (κ1) is 13.6. The van der Waals surface area contributed by atoms with Gasteiger partial charge in [0.2, 0.25) is 6.79 Å². The summed E-state index contributed by atoms with van der Waals surface area (Å²) in [5, 5.41) is 6.47. The zero-order valence-electron chi connectivity index (χ0n) is 11.3. The van der Waals surface area contributed by atoms with E-state index in [0.29, 0.717) is 22.2 Å². The van der Waals surface area contributed by atoms with Gasteiger partial charge in [-0.3, -0.25) is 0 Å². The molecule has 21 heavy (non-hydrogen) atoms. The van der Waals surface area contributed by atoms with Gasteiger partial charge >= 0.3 is 0 Å². The number of rotatable bonds is 2. The van der Waals surface area contributed by atoms with E-state index in [4.69, 9.17) is 21.7 Å². The molecule has 108 valence electrons. The van der Waals surface area contributed by atoms with Crippen LogP contribution in [0.5, 0.6) is 11.5 Å². The largest absolute Gasteiger partial charge is 0.454 e. The minimum absolute atomic E-state index is 0.232. The third kappa shape index (κ3) is 3.05. The Morgan fingerprint density at radius 2 is 1.71 bits per heavy atom. The fourth-order valence-electron chi connectivity index (χ4n) is 1.99. The summed E-state index contributed by atoms with van der Waals surface area (Å²) in [5.41, 5.74) is 2.08. The van der Waals surface area contributed by atoms with Gasteiger partial charge < -0.3 is 20.1 Å². The van der Waals surface area contributed by atoms with Crippen molar-refractivity contribution in [3.8, 4) is 11.5 Å². The summed E-state index contributed by atoms with van der Waals surface area (Å²) >= 11 is 5.23. The van der Waals surface area contributed by atoms with Gasteiger partial charge in [0, 0.05) is 17.4 Å². The predicted octanol–water partition coefficient (Wildman–Crippen LogP) is 3.67. The quantitative estimate of drug-likeness (QED) is 0.829. The number of anilines is 2. The third-order valence-electron chi connectivity index (χ3n) is 3.05. The van der Waals surface area contributed by atoms with E-state index >= 15 is 0 Å². The molecule has 2 N–H and O–H groups in total. The highest BCUT2D eigenvalue weighted by molar-refractivity contribution is 7.80. The molecule has 6 heteroatoms. The highest BCUT2D eigenvalue weighted by Gasteiger charge is 2.13. The topological polar surface area (TPSA) is 42.5 Å². The standard InChI is InChI=1S/C15H13FN2O2S/c1-9-6-10(2-4-12(9)16)17-15(21)18-11-3-5-13-14(7-11)20-8-19-13/h2-7H,8H2,1H3,(H2,17,18,21). The molecular formula is C15H13FN2O2S. The minimum Gasteiger partial charge on any atom is -0.454 e. The van der Waals surface area contributed by atoms with Crippen LogP contribution in [0, 0.1) is 12.7 Å². The van der Waals surface area contributed by atoms with Crippen LogP contribution >= 0.6 is 12.2 Å². The fourth-order valence-corrected chi connectivity index (χ4v) is 2.23. The maximum Gasteiger partial charge on any atom is 0.231 e. The molecule has 0 fully saturated rings. The van der Waals surface area contributed by atoms with E-state index in [-0.39, 0.29) is 12.6 Å². The van der Waals surface area contributed by atoms with Crippen LogP contribution in [0.2, 0.25) is 0 Å². The molecule has 0 saturated heterocycles. The zero-order chi connectivity index (χ0) is 14.8. The molecular weight excluding hydrogens is 291 g/mol. The Kier molecular flexibility index (Phi) is 3.62. The number of benzene rings is 2. The first-order valence-corrected chi connectivity index (χ1v) is 6.76. The fraction of sp³-hybridized carbons (Fsp3) is 0.133. The Labute approximate surface area is 126 Å². The summed E-state index contributed by atoms with van der Waals surface area (Å²) in [4.78, 5) is 0. The summed E-state index contributed by atoms with van der Waals surface area (Å²) in [5.74, 6) is 1.16. The second kappa shape index (κ2) is 5.57. The molecule has 1 heterocycles. The normalized spacial score (nSPS) is 12.1.